The molecule has 3 rings (SSSR count). The summed E-state index contributed by atoms with van der Waals surface area (Å²) in [5, 5.41) is 9.09. The SMILES string of the molecule is CC12c3ccccc3COC1C2C(=O)O. The van der Waals surface area contributed by atoms with Crippen LogP contribution in [-0.2, 0) is 21.6 Å². The normalized spacial score (nSPS) is 36.6. The van der Waals surface area contributed by atoms with Gasteiger partial charge in [0.15, 0.2) is 0 Å². The maximum Gasteiger partial charge on any atom is 0.310 e. The number of ether oxygens (including phenoxy) is 1. The molecule has 3 unspecified atom stereocenters. The highest BCUT2D eigenvalue weighted by Crippen LogP contribution is 2.59. The topological polar surface area (TPSA) is 46.5 Å². The Morgan fingerprint density at radius 2 is 2.27 bits per heavy atom. The van der Waals surface area contributed by atoms with E-state index in [1.807, 2.05) is 31.2 Å². The highest BCUT2D eigenvalue weighted by molar-refractivity contribution is 5.79. The second-order valence-corrected chi connectivity index (χ2v) is 4.49. The minimum absolute atomic E-state index is 0.134. The Kier molecular flexibility index (Phi) is 1.55. The lowest BCUT2D eigenvalue weighted by molar-refractivity contribution is -0.139. The molecule has 1 heterocycles. The molecule has 0 amide bonds. The van der Waals surface area contributed by atoms with Crippen LogP contribution in [0.1, 0.15) is 18.1 Å². The lowest BCUT2D eigenvalue weighted by Crippen LogP contribution is -2.19. The molecular formula is C12H12O3. The molecule has 1 aromatic carbocycles. The fourth-order valence-electron chi connectivity index (χ4n) is 2.80. The van der Waals surface area contributed by atoms with Crippen molar-refractivity contribution in [2.24, 2.45) is 5.92 Å². The number of carbonyl (C=O) groups is 1. The van der Waals surface area contributed by atoms with Crippen LogP contribution in [0.2, 0.25) is 0 Å². The summed E-state index contributed by atoms with van der Waals surface area (Å²) < 4.78 is 5.57. The second-order valence-electron chi connectivity index (χ2n) is 4.49. The van der Waals surface area contributed by atoms with Gasteiger partial charge in [-0.25, -0.2) is 0 Å². The fourth-order valence-corrected chi connectivity index (χ4v) is 2.80. The zero-order valence-electron chi connectivity index (χ0n) is 8.43. The monoisotopic (exact) mass is 204 g/mol. The first-order valence-electron chi connectivity index (χ1n) is 5.08. The second kappa shape index (κ2) is 2.61. The predicted molar refractivity (Wildman–Crippen MR) is 53.5 cm³/mol. The quantitative estimate of drug-likeness (QED) is 0.755. The van der Waals surface area contributed by atoms with Crippen LogP contribution in [0.5, 0.6) is 0 Å². The average Bonchev–Trinajstić information content (AvgIpc) is 2.85. The molecule has 3 atom stereocenters. The molecule has 15 heavy (non-hydrogen) atoms. The minimum Gasteiger partial charge on any atom is -0.481 e. The van der Waals surface area contributed by atoms with Crippen molar-refractivity contribution in [3.8, 4) is 0 Å². The summed E-state index contributed by atoms with van der Waals surface area (Å²) in [6.07, 6.45) is -0.134. The Hall–Kier alpha value is -1.35. The van der Waals surface area contributed by atoms with Crippen LogP contribution >= 0.6 is 0 Å². The van der Waals surface area contributed by atoms with Crippen molar-refractivity contribution < 1.29 is 14.6 Å². The third-order valence-electron chi connectivity index (χ3n) is 3.71. The molecule has 2 aliphatic rings. The lowest BCUT2D eigenvalue weighted by atomic mass is 9.90. The van der Waals surface area contributed by atoms with Crippen LogP contribution in [0.3, 0.4) is 0 Å². The van der Waals surface area contributed by atoms with E-state index in [1.165, 1.54) is 0 Å². The van der Waals surface area contributed by atoms with Crippen molar-refractivity contribution >= 4 is 5.97 Å². The molecule has 1 N–H and O–H groups in total. The van der Waals surface area contributed by atoms with Gasteiger partial charge in [0.25, 0.3) is 0 Å². The molecular weight excluding hydrogens is 192 g/mol. The number of benzene rings is 1. The summed E-state index contributed by atoms with van der Waals surface area (Å²) in [5.74, 6) is -1.12. The van der Waals surface area contributed by atoms with Gasteiger partial charge >= 0.3 is 5.97 Å². The molecule has 1 saturated carbocycles. The average molecular weight is 204 g/mol. The molecule has 0 bridgehead atoms. The van der Waals surface area contributed by atoms with Crippen molar-refractivity contribution in [2.45, 2.75) is 25.0 Å². The van der Waals surface area contributed by atoms with Crippen molar-refractivity contribution in [1.82, 2.24) is 0 Å². The lowest BCUT2D eigenvalue weighted by Gasteiger charge is -2.21. The molecule has 3 heteroatoms. The van der Waals surface area contributed by atoms with Gasteiger partial charge in [-0.2, -0.15) is 0 Å². The van der Waals surface area contributed by atoms with E-state index in [2.05, 4.69) is 0 Å². The molecule has 0 spiro atoms. The summed E-state index contributed by atoms with van der Waals surface area (Å²) in [5.41, 5.74) is 1.97. The molecule has 78 valence electrons. The summed E-state index contributed by atoms with van der Waals surface area (Å²) in [4.78, 5) is 11.1. The standard InChI is InChI=1S/C12H12O3/c1-12-8-5-3-2-4-7(8)6-15-10(12)9(12)11(13)14/h2-5,9-10H,6H2,1H3,(H,13,14). The molecule has 0 saturated heterocycles. The number of rotatable bonds is 1. The Bertz CT molecular complexity index is 440. The Morgan fingerprint density at radius 1 is 1.53 bits per heavy atom. The van der Waals surface area contributed by atoms with E-state index >= 15 is 0 Å². The number of hydrogen-bond acceptors (Lipinski definition) is 2. The van der Waals surface area contributed by atoms with E-state index in [1.54, 1.807) is 0 Å². The van der Waals surface area contributed by atoms with Crippen LogP contribution in [0.4, 0.5) is 0 Å². The van der Waals surface area contributed by atoms with Crippen molar-refractivity contribution in [3.63, 3.8) is 0 Å². The van der Waals surface area contributed by atoms with Gasteiger partial charge in [0.2, 0.25) is 0 Å². The summed E-state index contributed by atoms with van der Waals surface area (Å²) in [6, 6.07) is 7.95. The molecule has 0 radical (unpaired) electrons. The van der Waals surface area contributed by atoms with E-state index in [0.717, 1.165) is 11.1 Å². The van der Waals surface area contributed by atoms with E-state index < -0.39 is 5.97 Å². The summed E-state index contributed by atoms with van der Waals surface area (Å²) in [7, 11) is 0. The van der Waals surface area contributed by atoms with Crippen molar-refractivity contribution in [3.05, 3.63) is 35.4 Å². The highest BCUT2D eigenvalue weighted by atomic mass is 16.5. The first kappa shape index (κ1) is 8.92. The molecule has 1 fully saturated rings. The van der Waals surface area contributed by atoms with Gasteiger partial charge in [-0.3, -0.25) is 4.79 Å². The van der Waals surface area contributed by atoms with Gasteiger partial charge in [0.05, 0.1) is 18.6 Å². The molecule has 1 aliphatic carbocycles. The Balaban J connectivity index is 2.10. The Morgan fingerprint density at radius 3 is 3.00 bits per heavy atom. The predicted octanol–water partition coefficient (Wildman–Crippen LogP) is 1.56. The number of hydrogen-bond donors (Lipinski definition) is 1. The molecule has 1 aliphatic heterocycles. The third-order valence-corrected chi connectivity index (χ3v) is 3.71. The van der Waals surface area contributed by atoms with Gasteiger partial charge in [-0.05, 0) is 11.1 Å². The Labute approximate surface area is 87.7 Å². The maximum atomic E-state index is 11.1. The van der Waals surface area contributed by atoms with E-state index in [0.29, 0.717) is 6.61 Å². The largest absolute Gasteiger partial charge is 0.481 e. The zero-order valence-corrected chi connectivity index (χ0v) is 8.43. The van der Waals surface area contributed by atoms with Gasteiger partial charge in [0.1, 0.15) is 0 Å². The summed E-state index contributed by atoms with van der Waals surface area (Å²) in [6.45, 7) is 2.52. The van der Waals surface area contributed by atoms with Crippen LogP contribution in [0.25, 0.3) is 0 Å². The molecule has 1 aromatic rings. The zero-order chi connectivity index (χ0) is 10.6. The van der Waals surface area contributed by atoms with E-state index in [9.17, 15) is 4.79 Å². The van der Waals surface area contributed by atoms with Crippen LogP contribution in [0.15, 0.2) is 24.3 Å². The van der Waals surface area contributed by atoms with Crippen molar-refractivity contribution in [2.75, 3.05) is 0 Å². The number of aliphatic carboxylic acids is 1. The number of carboxylic acid groups (broad SMARTS) is 1. The van der Waals surface area contributed by atoms with Gasteiger partial charge in [-0.15, -0.1) is 0 Å². The van der Waals surface area contributed by atoms with Crippen LogP contribution in [0, 0.1) is 5.92 Å². The first-order chi connectivity index (χ1) is 7.15. The van der Waals surface area contributed by atoms with Crippen molar-refractivity contribution in [1.29, 1.82) is 0 Å². The smallest absolute Gasteiger partial charge is 0.310 e. The van der Waals surface area contributed by atoms with Gasteiger partial charge in [0, 0.05) is 5.41 Å². The number of carboxylic acids is 1. The van der Waals surface area contributed by atoms with E-state index in [-0.39, 0.29) is 17.4 Å². The molecule has 3 nitrogen and oxygen atoms in total. The van der Waals surface area contributed by atoms with Crippen LogP contribution in [-0.4, -0.2) is 17.2 Å². The fraction of sp³-hybridized carbons (Fsp3) is 0.417. The minimum atomic E-state index is -0.751. The number of fused-ring (bicyclic) bond motifs is 3. The highest BCUT2D eigenvalue weighted by Gasteiger charge is 2.69. The van der Waals surface area contributed by atoms with Gasteiger partial charge < -0.3 is 9.84 Å². The van der Waals surface area contributed by atoms with Gasteiger partial charge in [-0.1, -0.05) is 31.2 Å². The summed E-state index contributed by atoms with van der Waals surface area (Å²) >= 11 is 0. The third kappa shape index (κ3) is 0.960. The van der Waals surface area contributed by atoms with Crippen LogP contribution < -0.4 is 0 Å². The first-order valence-corrected chi connectivity index (χ1v) is 5.08. The maximum absolute atomic E-state index is 11.1. The molecule has 0 aromatic heterocycles. The van der Waals surface area contributed by atoms with E-state index in [4.69, 9.17) is 9.84 Å².